The first-order valence-corrected chi connectivity index (χ1v) is 13.0. The molecule has 0 aromatic heterocycles. The molecule has 1 aliphatic heterocycles. The van der Waals surface area contributed by atoms with Gasteiger partial charge in [-0.25, -0.2) is 8.42 Å². The Morgan fingerprint density at radius 2 is 1.77 bits per heavy atom. The third kappa shape index (κ3) is 5.12. The molecule has 0 saturated carbocycles. The molecule has 35 heavy (non-hydrogen) atoms. The number of benzene rings is 3. The molecule has 0 bridgehead atoms. The van der Waals surface area contributed by atoms with Crippen molar-refractivity contribution in [3.05, 3.63) is 83.4 Å². The molecule has 3 aromatic rings. The second kappa shape index (κ2) is 10.4. The Morgan fingerprint density at radius 3 is 2.49 bits per heavy atom. The summed E-state index contributed by atoms with van der Waals surface area (Å²) in [5.74, 6) is 1.06. The normalized spacial score (nSPS) is 13.2. The van der Waals surface area contributed by atoms with Crippen LogP contribution in [0.3, 0.4) is 0 Å². The SMILES string of the molecule is CCOc1ccc(CN(C)C(=O)c2ccc(S(=O)(=O)N3CCCc4ccccc43)cc2)cc1OC. The van der Waals surface area contributed by atoms with Gasteiger partial charge in [0.15, 0.2) is 11.5 Å². The standard InChI is InChI=1S/C27H30N2O5S/c1-4-34-25-16-11-20(18-26(25)33-3)19-28(2)27(30)22-12-14-23(15-13-22)35(31,32)29-17-7-9-21-8-5-6-10-24(21)29/h5-6,8,10-16,18H,4,7,9,17,19H2,1-3H3. The molecule has 0 saturated heterocycles. The summed E-state index contributed by atoms with van der Waals surface area (Å²) in [6.45, 7) is 3.24. The minimum absolute atomic E-state index is 0.171. The Hall–Kier alpha value is -3.52. The summed E-state index contributed by atoms with van der Waals surface area (Å²) in [5, 5.41) is 0. The number of nitrogens with zero attached hydrogens (tertiary/aromatic N) is 2. The van der Waals surface area contributed by atoms with E-state index in [0.717, 1.165) is 29.7 Å². The zero-order valence-electron chi connectivity index (χ0n) is 20.2. The van der Waals surface area contributed by atoms with E-state index in [9.17, 15) is 13.2 Å². The maximum atomic E-state index is 13.3. The molecule has 0 radical (unpaired) electrons. The molecule has 1 heterocycles. The first kappa shape index (κ1) is 24.6. The summed E-state index contributed by atoms with van der Waals surface area (Å²) >= 11 is 0. The molecule has 0 N–H and O–H groups in total. The van der Waals surface area contributed by atoms with Gasteiger partial charge in [0, 0.05) is 25.7 Å². The Labute approximate surface area is 206 Å². The topological polar surface area (TPSA) is 76.2 Å². The van der Waals surface area contributed by atoms with E-state index >= 15 is 0 Å². The molecule has 8 heteroatoms. The van der Waals surface area contributed by atoms with Crippen LogP contribution >= 0.6 is 0 Å². The summed E-state index contributed by atoms with van der Waals surface area (Å²) < 4.78 is 39.1. The number of hydrogen-bond donors (Lipinski definition) is 0. The lowest BCUT2D eigenvalue weighted by molar-refractivity contribution is 0.0785. The van der Waals surface area contributed by atoms with Gasteiger partial charge in [0.05, 0.1) is 24.3 Å². The fraction of sp³-hybridized carbons (Fsp3) is 0.296. The lowest BCUT2D eigenvalue weighted by Gasteiger charge is -2.30. The number of anilines is 1. The highest BCUT2D eigenvalue weighted by atomic mass is 32.2. The van der Waals surface area contributed by atoms with E-state index in [1.807, 2.05) is 49.4 Å². The number of carbonyl (C=O) groups is 1. The lowest BCUT2D eigenvalue weighted by Crippen LogP contribution is -2.35. The van der Waals surface area contributed by atoms with E-state index < -0.39 is 10.0 Å². The summed E-state index contributed by atoms with van der Waals surface area (Å²) in [7, 11) is -0.434. The number of rotatable bonds is 8. The Bertz CT molecular complexity index is 1310. The average molecular weight is 495 g/mol. The summed E-state index contributed by atoms with van der Waals surface area (Å²) in [4.78, 5) is 14.8. The molecule has 1 amide bonds. The van der Waals surface area contributed by atoms with Crippen LogP contribution in [0.4, 0.5) is 5.69 Å². The number of carbonyl (C=O) groups excluding carboxylic acids is 1. The van der Waals surface area contributed by atoms with Crippen LogP contribution in [0.1, 0.15) is 34.8 Å². The molecule has 7 nitrogen and oxygen atoms in total. The fourth-order valence-electron chi connectivity index (χ4n) is 4.30. The third-order valence-electron chi connectivity index (χ3n) is 6.05. The van der Waals surface area contributed by atoms with Crippen LogP contribution < -0.4 is 13.8 Å². The quantitative estimate of drug-likeness (QED) is 0.461. The average Bonchev–Trinajstić information content (AvgIpc) is 2.88. The van der Waals surface area contributed by atoms with Crippen molar-refractivity contribution in [3.8, 4) is 11.5 Å². The number of ether oxygens (including phenoxy) is 2. The Kier molecular flexibility index (Phi) is 7.31. The van der Waals surface area contributed by atoms with Crippen LogP contribution in [0.5, 0.6) is 11.5 Å². The third-order valence-corrected chi connectivity index (χ3v) is 7.88. The number of methoxy groups -OCH3 is 1. The van der Waals surface area contributed by atoms with Gasteiger partial charge in [0.2, 0.25) is 0 Å². The summed E-state index contributed by atoms with van der Waals surface area (Å²) in [6, 6.07) is 19.3. The molecule has 0 atom stereocenters. The molecule has 0 aliphatic carbocycles. The van der Waals surface area contributed by atoms with Crippen molar-refractivity contribution in [2.75, 3.05) is 31.6 Å². The van der Waals surface area contributed by atoms with Gasteiger partial charge < -0.3 is 14.4 Å². The van der Waals surface area contributed by atoms with Crippen molar-refractivity contribution in [2.45, 2.75) is 31.2 Å². The molecular weight excluding hydrogens is 464 g/mol. The van der Waals surface area contributed by atoms with Crippen LogP contribution in [-0.2, 0) is 23.0 Å². The Morgan fingerprint density at radius 1 is 1.03 bits per heavy atom. The minimum Gasteiger partial charge on any atom is -0.493 e. The maximum Gasteiger partial charge on any atom is 0.264 e. The molecule has 0 unspecified atom stereocenters. The number of hydrogen-bond acceptors (Lipinski definition) is 5. The second-order valence-electron chi connectivity index (χ2n) is 8.41. The predicted octanol–water partition coefficient (Wildman–Crippen LogP) is 4.51. The van der Waals surface area contributed by atoms with Gasteiger partial charge in [-0.2, -0.15) is 0 Å². The number of para-hydroxylation sites is 1. The number of aryl methyl sites for hydroxylation is 1. The van der Waals surface area contributed by atoms with Gasteiger partial charge in [0.25, 0.3) is 15.9 Å². The molecular formula is C27H30N2O5S. The maximum absolute atomic E-state index is 13.3. The van der Waals surface area contributed by atoms with Crippen molar-refractivity contribution in [3.63, 3.8) is 0 Å². The zero-order valence-corrected chi connectivity index (χ0v) is 21.0. The van der Waals surface area contributed by atoms with Crippen LogP contribution in [0.25, 0.3) is 0 Å². The summed E-state index contributed by atoms with van der Waals surface area (Å²) in [6.07, 6.45) is 1.64. The number of fused-ring (bicyclic) bond motifs is 1. The number of amides is 1. The van der Waals surface area contributed by atoms with Crippen LogP contribution in [0, 0.1) is 0 Å². The van der Waals surface area contributed by atoms with E-state index in [0.29, 0.717) is 36.8 Å². The summed E-state index contributed by atoms with van der Waals surface area (Å²) in [5.41, 5.74) is 3.07. The van der Waals surface area contributed by atoms with Gasteiger partial charge in [0.1, 0.15) is 0 Å². The van der Waals surface area contributed by atoms with Crippen LogP contribution in [-0.4, -0.2) is 46.5 Å². The smallest absolute Gasteiger partial charge is 0.264 e. The van der Waals surface area contributed by atoms with Crippen LogP contribution in [0.15, 0.2) is 71.6 Å². The Balaban J connectivity index is 1.49. The molecule has 0 spiro atoms. The zero-order chi connectivity index (χ0) is 25.0. The van der Waals surface area contributed by atoms with Gasteiger partial charge in [-0.05, 0) is 73.4 Å². The monoisotopic (exact) mass is 494 g/mol. The van der Waals surface area contributed by atoms with E-state index in [1.54, 1.807) is 31.2 Å². The van der Waals surface area contributed by atoms with Crippen LogP contribution in [0.2, 0.25) is 0 Å². The first-order valence-electron chi connectivity index (χ1n) is 11.6. The second-order valence-corrected chi connectivity index (χ2v) is 10.3. The van der Waals surface area contributed by atoms with E-state index in [4.69, 9.17) is 9.47 Å². The van der Waals surface area contributed by atoms with Gasteiger partial charge in [-0.3, -0.25) is 9.10 Å². The van der Waals surface area contributed by atoms with E-state index in [-0.39, 0.29) is 10.8 Å². The van der Waals surface area contributed by atoms with Crippen molar-refractivity contribution < 1.29 is 22.7 Å². The van der Waals surface area contributed by atoms with Crippen molar-refractivity contribution in [2.24, 2.45) is 0 Å². The molecule has 184 valence electrons. The fourth-order valence-corrected chi connectivity index (χ4v) is 5.84. The van der Waals surface area contributed by atoms with E-state index in [1.165, 1.54) is 16.4 Å². The van der Waals surface area contributed by atoms with Crippen molar-refractivity contribution >= 4 is 21.6 Å². The predicted molar refractivity (Wildman–Crippen MR) is 136 cm³/mol. The van der Waals surface area contributed by atoms with Crippen molar-refractivity contribution in [1.29, 1.82) is 0 Å². The highest BCUT2D eigenvalue weighted by Crippen LogP contribution is 2.32. The highest BCUT2D eigenvalue weighted by Gasteiger charge is 2.29. The molecule has 4 rings (SSSR count). The van der Waals surface area contributed by atoms with E-state index in [2.05, 4.69) is 0 Å². The molecule has 3 aromatic carbocycles. The highest BCUT2D eigenvalue weighted by molar-refractivity contribution is 7.92. The van der Waals surface area contributed by atoms with Gasteiger partial charge in [-0.1, -0.05) is 24.3 Å². The van der Waals surface area contributed by atoms with Gasteiger partial charge in [-0.15, -0.1) is 0 Å². The molecule has 0 fully saturated rings. The van der Waals surface area contributed by atoms with Gasteiger partial charge >= 0.3 is 0 Å². The van der Waals surface area contributed by atoms with Crippen molar-refractivity contribution in [1.82, 2.24) is 4.90 Å². The molecule has 1 aliphatic rings. The minimum atomic E-state index is -3.72. The first-order chi connectivity index (χ1) is 16.8. The number of sulfonamides is 1. The largest absolute Gasteiger partial charge is 0.493 e. The lowest BCUT2D eigenvalue weighted by atomic mass is 10.0.